The Bertz CT molecular complexity index is 577. The zero-order valence-corrected chi connectivity index (χ0v) is 12.9. The molecular formula is C18H21FO2. The first-order chi connectivity index (χ1) is 10.1. The molecule has 2 aromatic rings. The average Bonchev–Trinajstić information content (AvgIpc) is 2.49. The van der Waals surface area contributed by atoms with Crippen molar-refractivity contribution in [3.63, 3.8) is 0 Å². The van der Waals surface area contributed by atoms with Gasteiger partial charge in [0.05, 0.1) is 5.56 Å². The van der Waals surface area contributed by atoms with Crippen molar-refractivity contribution in [2.75, 3.05) is 0 Å². The van der Waals surface area contributed by atoms with Crippen LogP contribution in [0.1, 0.15) is 49.5 Å². The van der Waals surface area contributed by atoms with Gasteiger partial charge in [-0.25, -0.2) is 9.18 Å². The van der Waals surface area contributed by atoms with Crippen molar-refractivity contribution in [2.45, 2.75) is 33.6 Å². The molecule has 2 nitrogen and oxygen atoms in total. The largest absolute Gasteiger partial charge is 0.423 e. The SMILES string of the molecule is CC.CC(C)c1cc(F)cc(C(=O)Oc2ccccc2)c1. The molecule has 2 aromatic carbocycles. The third-order valence-electron chi connectivity index (χ3n) is 2.78. The molecule has 0 unspecified atom stereocenters. The zero-order chi connectivity index (χ0) is 15.8. The third kappa shape index (κ3) is 5.03. The van der Waals surface area contributed by atoms with Gasteiger partial charge in [0, 0.05) is 0 Å². The number of carbonyl (C=O) groups is 1. The van der Waals surface area contributed by atoms with Gasteiger partial charge in [0.15, 0.2) is 0 Å². The van der Waals surface area contributed by atoms with Crippen LogP contribution in [-0.2, 0) is 0 Å². The molecule has 0 heterocycles. The Kier molecular flexibility index (Phi) is 6.60. The van der Waals surface area contributed by atoms with E-state index < -0.39 is 11.8 Å². The summed E-state index contributed by atoms with van der Waals surface area (Å²) in [4.78, 5) is 12.0. The van der Waals surface area contributed by atoms with Gasteiger partial charge in [0.25, 0.3) is 0 Å². The second kappa shape index (κ2) is 8.20. The maximum atomic E-state index is 13.5. The van der Waals surface area contributed by atoms with Crippen LogP contribution in [0.2, 0.25) is 0 Å². The summed E-state index contributed by atoms with van der Waals surface area (Å²) in [6.45, 7) is 7.89. The van der Waals surface area contributed by atoms with E-state index in [9.17, 15) is 9.18 Å². The number of hydrogen-bond acceptors (Lipinski definition) is 2. The molecule has 0 N–H and O–H groups in total. The van der Waals surface area contributed by atoms with Gasteiger partial charge >= 0.3 is 5.97 Å². The van der Waals surface area contributed by atoms with Gasteiger partial charge in [-0.05, 0) is 41.8 Å². The molecule has 0 aliphatic carbocycles. The van der Waals surface area contributed by atoms with E-state index >= 15 is 0 Å². The number of carbonyl (C=O) groups excluding carboxylic acids is 1. The zero-order valence-electron chi connectivity index (χ0n) is 12.9. The van der Waals surface area contributed by atoms with Gasteiger partial charge in [-0.3, -0.25) is 0 Å². The predicted molar refractivity (Wildman–Crippen MR) is 83.2 cm³/mol. The van der Waals surface area contributed by atoms with Crippen LogP contribution < -0.4 is 4.74 Å². The van der Waals surface area contributed by atoms with Crippen molar-refractivity contribution in [3.05, 3.63) is 65.5 Å². The van der Waals surface area contributed by atoms with Crippen LogP contribution in [0.25, 0.3) is 0 Å². The molecule has 0 spiro atoms. The molecular weight excluding hydrogens is 267 g/mol. The van der Waals surface area contributed by atoms with Gasteiger partial charge in [-0.15, -0.1) is 0 Å². The topological polar surface area (TPSA) is 26.3 Å². The molecule has 0 atom stereocenters. The predicted octanol–water partition coefficient (Wildman–Crippen LogP) is 5.19. The number of para-hydroxylation sites is 1. The highest BCUT2D eigenvalue weighted by atomic mass is 19.1. The standard InChI is InChI=1S/C16H15FO2.C2H6/c1-11(2)12-8-13(10-14(17)9-12)16(18)19-15-6-4-3-5-7-15;1-2/h3-11H,1-2H3;1-2H3. The lowest BCUT2D eigenvalue weighted by Gasteiger charge is -2.09. The molecule has 0 aliphatic rings. The van der Waals surface area contributed by atoms with Crippen molar-refractivity contribution in [3.8, 4) is 5.75 Å². The summed E-state index contributed by atoms with van der Waals surface area (Å²) in [5, 5.41) is 0. The highest BCUT2D eigenvalue weighted by Gasteiger charge is 2.12. The smallest absolute Gasteiger partial charge is 0.343 e. The van der Waals surface area contributed by atoms with E-state index in [4.69, 9.17) is 4.74 Å². The van der Waals surface area contributed by atoms with Crippen LogP contribution in [0, 0.1) is 5.82 Å². The van der Waals surface area contributed by atoms with Crippen LogP contribution in [0.15, 0.2) is 48.5 Å². The summed E-state index contributed by atoms with van der Waals surface area (Å²) < 4.78 is 18.7. The van der Waals surface area contributed by atoms with Gasteiger partial charge < -0.3 is 4.74 Å². The Hall–Kier alpha value is -2.16. The van der Waals surface area contributed by atoms with Crippen molar-refractivity contribution >= 4 is 5.97 Å². The van der Waals surface area contributed by atoms with E-state index in [1.807, 2.05) is 33.8 Å². The van der Waals surface area contributed by atoms with Crippen molar-refractivity contribution in [2.24, 2.45) is 0 Å². The molecule has 0 fully saturated rings. The Labute approximate surface area is 125 Å². The minimum atomic E-state index is -0.549. The van der Waals surface area contributed by atoms with Crippen molar-refractivity contribution in [1.29, 1.82) is 0 Å². The number of esters is 1. The van der Waals surface area contributed by atoms with Gasteiger partial charge in [-0.2, -0.15) is 0 Å². The minimum absolute atomic E-state index is 0.152. The second-order valence-corrected chi connectivity index (χ2v) is 4.63. The molecule has 0 saturated heterocycles. The molecule has 0 aliphatic heterocycles. The lowest BCUT2D eigenvalue weighted by atomic mass is 10.0. The van der Waals surface area contributed by atoms with Gasteiger partial charge in [0.2, 0.25) is 0 Å². The first-order valence-electron chi connectivity index (χ1n) is 7.14. The van der Waals surface area contributed by atoms with Crippen LogP contribution in [-0.4, -0.2) is 5.97 Å². The van der Waals surface area contributed by atoms with Crippen LogP contribution >= 0.6 is 0 Å². The molecule has 3 heteroatoms. The molecule has 2 rings (SSSR count). The summed E-state index contributed by atoms with van der Waals surface area (Å²) in [6, 6.07) is 13.0. The van der Waals surface area contributed by atoms with E-state index in [1.54, 1.807) is 30.3 Å². The number of rotatable bonds is 3. The Morgan fingerprint density at radius 1 is 1.05 bits per heavy atom. The summed E-state index contributed by atoms with van der Waals surface area (Å²) in [6.07, 6.45) is 0. The number of benzene rings is 2. The maximum Gasteiger partial charge on any atom is 0.343 e. The van der Waals surface area contributed by atoms with Crippen LogP contribution in [0.5, 0.6) is 5.75 Å². The molecule has 0 aromatic heterocycles. The van der Waals surface area contributed by atoms with E-state index in [0.717, 1.165) is 5.56 Å². The van der Waals surface area contributed by atoms with E-state index in [0.29, 0.717) is 5.75 Å². The Morgan fingerprint density at radius 3 is 2.24 bits per heavy atom. The van der Waals surface area contributed by atoms with Gasteiger partial charge in [-0.1, -0.05) is 45.9 Å². The maximum absolute atomic E-state index is 13.5. The normalized spacial score (nSPS) is 9.81. The highest BCUT2D eigenvalue weighted by Crippen LogP contribution is 2.19. The number of hydrogen-bond donors (Lipinski definition) is 0. The fraction of sp³-hybridized carbons (Fsp3) is 0.278. The van der Waals surface area contributed by atoms with Crippen LogP contribution in [0.3, 0.4) is 0 Å². The van der Waals surface area contributed by atoms with E-state index in [1.165, 1.54) is 12.1 Å². The third-order valence-corrected chi connectivity index (χ3v) is 2.78. The van der Waals surface area contributed by atoms with E-state index in [2.05, 4.69) is 0 Å². The first kappa shape index (κ1) is 16.9. The highest BCUT2D eigenvalue weighted by molar-refractivity contribution is 5.91. The van der Waals surface area contributed by atoms with Crippen molar-refractivity contribution < 1.29 is 13.9 Å². The summed E-state index contributed by atoms with van der Waals surface area (Å²) >= 11 is 0. The monoisotopic (exact) mass is 288 g/mol. The summed E-state index contributed by atoms with van der Waals surface area (Å²) in [5.41, 5.74) is 1.01. The minimum Gasteiger partial charge on any atom is -0.423 e. The fourth-order valence-corrected chi connectivity index (χ4v) is 1.72. The van der Waals surface area contributed by atoms with E-state index in [-0.39, 0.29) is 11.5 Å². The lowest BCUT2D eigenvalue weighted by Crippen LogP contribution is -2.09. The van der Waals surface area contributed by atoms with Gasteiger partial charge in [0.1, 0.15) is 11.6 Å². The fourth-order valence-electron chi connectivity index (χ4n) is 1.72. The Morgan fingerprint density at radius 2 is 1.67 bits per heavy atom. The molecule has 112 valence electrons. The second-order valence-electron chi connectivity index (χ2n) is 4.63. The average molecular weight is 288 g/mol. The molecule has 0 amide bonds. The van der Waals surface area contributed by atoms with Crippen molar-refractivity contribution in [1.82, 2.24) is 0 Å². The Balaban J connectivity index is 0.00000106. The number of ether oxygens (including phenoxy) is 1. The molecule has 0 saturated carbocycles. The molecule has 21 heavy (non-hydrogen) atoms. The first-order valence-corrected chi connectivity index (χ1v) is 7.14. The molecule has 0 bridgehead atoms. The summed E-state index contributed by atoms with van der Waals surface area (Å²) in [5.74, 6) is -0.374. The number of halogens is 1. The lowest BCUT2D eigenvalue weighted by molar-refractivity contribution is 0.0734. The summed E-state index contributed by atoms with van der Waals surface area (Å²) in [7, 11) is 0. The molecule has 0 radical (unpaired) electrons. The van der Waals surface area contributed by atoms with Crippen LogP contribution in [0.4, 0.5) is 4.39 Å². The quantitative estimate of drug-likeness (QED) is 0.573.